The molecule has 0 rings (SSSR count). The summed E-state index contributed by atoms with van der Waals surface area (Å²) in [5.74, 6) is 0. The Morgan fingerprint density at radius 3 is 1.16 bits per heavy atom. The van der Waals surface area contributed by atoms with E-state index in [1.165, 1.54) is 0 Å². The highest BCUT2D eigenvalue weighted by molar-refractivity contribution is 4.42. The van der Waals surface area contributed by atoms with Gasteiger partial charge in [0.1, 0.15) is 20.2 Å². The molecule has 0 aliphatic carbocycles. The van der Waals surface area contributed by atoms with Crippen LogP contribution in [-0.4, -0.2) is 80.1 Å². The molecule has 0 fully saturated rings. The predicted molar refractivity (Wildman–Crippen MR) is 69.4 cm³/mol. The first-order chi connectivity index (χ1) is 9.35. The van der Waals surface area contributed by atoms with E-state index in [-0.39, 0.29) is 19.8 Å². The number of hydrogen-bond donors (Lipinski definition) is 3. The van der Waals surface area contributed by atoms with E-state index in [1.54, 1.807) is 0 Å². The van der Waals surface area contributed by atoms with Gasteiger partial charge in [-0.15, -0.1) is 0 Å². The molecule has 0 aromatic rings. The zero-order chi connectivity index (χ0) is 14.2. The Kier molecular flexibility index (Phi) is 15.5. The zero-order valence-corrected chi connectivity index (χ0v) is 11.5. The Morgan fingerprint density at radius 1 is 0.579 bits per heavy atom. The van der Waals surface area contributed by atoms with Crippen LogP contribution < -0.4 is 0 Å². The Labute approximate surface area is 114 Å². The summed E-state index contributed by atoms with van der Waals surface area (Å²) in [5, 5.41) is 25.9. The molecule has 7 heteroatoms. The first-order valence-electron chi connectivity index (χ1n) is 6.63. The van der Waals surface area contributed by atoms with E-state index in [0.29, 0.717) is 59.3 Å². The van der Waals surface area contributed by atoms with Crippen LogP contribution in [0.2, 0.25) is 0 Å². The van der Waals surface area contributed by atoms with Crippen molar-refractivity contribution in [2.45, 2.75) is 19.3 Å². The topological polar surface area (TPSA) is 91.6 Å². The fourth-order valence-electron chi connectivity index (χ4n) is 1.19. The van der Waals surface area contributed by atoms with Crippen molar-refractivity contribution in [3.8, 4) is 0 Å². The van der Waals surface area contributed by atoms with Crippen LogP contribution in [0.5, 0.6) is 0 Å². The number of nitrogens with zero attached hydrogens (tertiary/aromatic N) is 1. The monoisotopic (exact) mass is 281 g/mol. The van der Waals surface area contributed by atoms with Crippen LogP contribution in [0.3, 0.4) is 0 Å². The Hall–Kier alpha value is -0.280. The quantitative estimate of drug-likeness (QED) is 0.271. The molecule has 0 atom stereocenters. The average Bonchev–Trinajstić information content (AvgIpc) is 2.43. The van der Waals surface area contributed by atoms with Crippen LogP contribution in [0, 0.1) is 0 Å². The first-order valence-corrected chi connectivity index (χ1v) is 6.63. The van der Waals surface area contributed by atoms with Gasteiger partial charge in [0, 0.05) is 19.8 Å². The van der Waals surface area contributed by atoms with E-state index in [9.17, 15) is 0 Å². The van der Waals surface area contributed by atoms with Gasteiger partial charge in [-0.1, -0.05) is 0 Å². The van der Waals surface area contributed by atoms with Crippen molar-refractivity contribution in [2.75, 3.05) is 59.8 Å². The Bertz CT molecular complexity index is 144. The lowest BCUT2D eigenvalue weighted by Gasteiger charge is -2.21. The molecule has 3 N–H and O–H groups in total. The molecule has 0 radical (unpaired) electrons. The molecule has 0 saturated carbocycles. The molecule has 0 aliphatic rings. The van der Waals surface area contributed by atoms with Gasteiger partial charge >= 0.3 is 0 Å². The van der Waals surface area contributed by atoms with Gasteiger partial charge in [-0.25, -0.2) is 4.90 Å². The van der Waals surface area contributed by atoms with E-state index < -0.39 is 0 Å². The third-order valence-corrected chi connectivity index (χ3v) is 2.16. The van der Waals surface area contributed by atoms with Crippen molar-refractivity contribution in [1.82, 2.24) is 4.90 Å². The molecule has 0 aliphatic heterocycles. The lowest BCUT2D eigenvalue weighted by molar-refractivity contribution is -0.101. The minimum Gasteiger partial charge on any atom is -0.396 e. The Balaban J connectivity index is 3.66. The van der Waals surface area contributed by atoms with Crippen molar-refractivity contribution in [3.05, 3.63) is 0 Å². The largest absolute Gasteiger partial charge is 0.396 e. The van der Waals surface area contributed by atoms with Crippen LogP contribution in [0.25, 0.3) is 0 Å². The SMILES string of the molecule is OCCCOCN(COCCCO)COCCCO. The van der Waals surface area contributed by atoms with Crippen molar-refractivity contribution < 1.29 is 29.5 Å². The second-order valence-corrected chi connectivity index (χ2v) is 4.01. The molecule has 0 aromatic heterocycles. The molecule has 0 saturated heterocycles. The molecule has 116 valence electrons. The van der Waals surface area contributed by atoms with Gasteiger partial charge in [0.15, 0.2) is 0 Å². The van der Waals surface area contributed by atoms with E-state index >= 15 is 0 Å². The highest BCUT2D eigenvalue weighted by Gasteiger charge is 2.05. The summed E-state index contributed by atoms with van der Waals surface area (Å²) < 4.78 is 16.1. The van der Waals surface area contributed by atoms with Crippen LogP contribution in [0.1, 0.15) is 19.3 Å². The van der Waals surface area contributed by atoms with Crippen molar-refractivity contribution in [2.24, 2.45) is 0 Å². The smallest absolute Gasteiger partial charge is 0.103 e. The fraction of sp³-hybridized carbons (Fsp3) is 1.00. The van der Waals surface area contributed by atoms with Gasteiger partial charge in [-0.3, -0.25) is 0 Å². The lowest BCUT2D eigenvalue weighted by Crippen LogP contribution is -2.32. The van der Waals surface area contributed by atoms with Gasteiger partial charge in [-0.2, -0.15) is 0 Å². The minimum atomic E-state index is 0.111. The number of hydrogen-bond acceptors (Lipinski definition) is 7. The lowest BCUT2D eigenvalue weighted by atomic mass is 10.5. The van der Waals surface area contributed by atoms with Crippen LogP contribution in [0.15, 0.2) is 0 Å². The third kappa shape index (κ3) is 13.9. The summed E-state index contributed by atoms with van der Waals surface area (Å²) in [4.78, 5) is 1.83. The third-order valence-electron chi connectivity index (χ3n) is 2.16. The normalized spacial score (nSPS) is 11.4. The highest BCUT2D eigenvalue weighted by Crippen LogP contribution is 1.95. The van der Waals surface area contributed by atoms with Crippen molar-refractivity contribution in [1.29, 1.82) is 0 Å². The Morgan fingerprint density at radius 2 is 0.895 bits per heavy atom. The number of rotatable bonds is 15. The molecule has 7 nitrogen and oxygen atoms in total. The molecular formula is C12H27NO6. The molecule has 0 unspecified atom stereocenters. The molecule has 0 spiro atoms. The molecule has 0 amide bonds. The molecule has 0 bridgehead atoms. The van der Waals surface area contributed by atoms with E-state index in [0.717, 1.165) is 0 Å². The summed E-state index contributed by atoms with van der Waals surface area (Å²) in [6, 6.07) is 0. The van der Waals surface area contributed by atoms with E-state index in [2.05, 4.69) is 0 Å². The number of aliphatic hydroxyl groups is 3. The van der Waals surface area contributed by atoms with Crippen molar-refractivity contribution in [3.63, 3.8) is 0 Å². The molecular weight excluding hydrogens is 254 g/mol. The summed E-state index contributed by atoms with van der Waals surface area (Å²) in [5.41, 5.74) is 0. The maximum atomic E-state index is 8.64. The second-order valence-electron chi connectivity index (χ2n) is 4.01. The first kappa shape index (κ1) is 18.7. The van der Waals surface area contributed by atoms with Crippen LogP contribution >= 0.6 is 0 Å². The second kappa shape index (κ2) is 15.8. The van der Waals surface area contributed by atoms with E-state index in [1.807, 2.05) is 4.90 Å². The maximum absolute atomic E-state index is 8.64. The standard InChI is InChI=1S/C12H27NO6/c14-4-1-7-17-10-13(11-18-8-2-5-15)12-19-9-3-6-16/h14-16H,1-12H2. The molecule has 0 heterocycles. The summed E-state index contributed by atoms with van der Waals surface area (Å²) in [6.07, 6.45) is 1.81. The van der Waals surface area contributed by atoms with Gasteiger partial charge in [0.05, 0.1) is 19.8 Å². The minimum absolute atomic E-state index is 0.111. The number of aliphatic hydroxyl groups excluding tert-OH is 3. The average molecular weight is 281 g/mol. The predicted octanol–water partition coefficient (Wildman–Crippen LogP) is -0.642. The van der Waals surface area contributed by atoms with Crippen LogP contribution in [0.4, 0.5) is 0 Å². The molecule has 0 aromatic carbocycles. The maximum Gasteiger partial charge on any atom is 0.103 e. The summed E-state index contributed by atoms with van der Waals surface area (Å²) >= 11 is 0. The molecule has 19 heavy (non-hydrogen) atoms. The summed E-state index contributed by atoms with van der Waals surface area (Å²) in [7, 11) is 0. The summed E-state index contributed by atoms with van der Waals surface area (Å²) in [6.45, 7) is 2.87. The highest BCUT2D eigenvalue weighted by atomic mass is 16.5. The van der Waals surface area contributed by atoms with Crippen LogP contribution in [-0.2, 0) is 14.2 Å². The van der Waals surface area contributed by atoms with Gasteiger partial charge in [0.25, 0.3) is 0 Å². The zero-order valence-electron chi connectivity index (χ0n) is 11.5. The fourth-order valence-corrected chi connectivity index (χ4v) is 1.19. The van der Waals surface area contributed by atoms with Gasteiger partial charge in [-0.05, 0) is 19.3 Å². The van der Waals surface area contributed by atoms with Crippen molar-refractivity contribution >= 4 is 0 Å². The van der Waals surface area contributed by atoms with Gasteiger partial charge < -0.3 is 29.5 Å². The van der Waals surface area contributed by atoms with Gasteiger partial charge in [0.2, 0.25) is 0 Å². The number of ether oxygens (including phenoxy) is 3. The van der Waals surface area contributed by atoms with E-state index in [4.69, 9.17) is 29.5 Å².